The Morgan fingerprint density at radius 3 is 1.96 bits per heavy atom. The van der Waals surface area contributed by atoms with Gasteiger partial charge in [0.15, 0.2) is 17.3 Å². The van der Waals surface area contributed by atoms with Crippen molar-refractivity contribution in [1.82, 2.24) is 20.2 Å². The number of nitrogens with one attached hydrogen (secondary N) is 3. The van der Waals surface area contributed by atoms with E-state index < -0.39 is 0 Å². The van der Waals surface area contributed by atoms with Crippen LogP contribution in [0.5, 0.6) is 0 Å². The summed E-state index contributed by atoms with van der Waals surface area (Å²) in [5.74, 6) is 1.61. The van der Waals surface area contributed by atoms with Crippen molar-refractivity contribution in [3.8, 4) is 12.1 Å². The number of rotatable bonds is 8. The summed E-state index contributed by atoms with van der Waals surface area (Å²) in [6.45, 7) is 4.13. The minimum atomic E-state index is 0.148. The van der Waals surface area contributed by atoms with Gasteiger partial charge in [-0.1, -0.05) is 74.2 Å². The predicted molar refractivity (Wildman–Crippen MR) is 193 cm³/mol. The summed E-state index contributed by atoms with van der Waals surface area (Å²) in [6.07, 6.45) is 9.93. The van der Waals surface area contributed by atoms with E-state index in [1.165, 1.54) is 28.7 Å². The number of nitrogens with zero attached hydrogens (tertiary/aromatic N) is 5. The van der Waals surface area contributed by atoms with Gasteiger partial charge in [0.2, 0.25) is 0 Å². The maximum atomic E-state index is 9.63. The zero-order valence-electron chi connectivity index (χ0n) is 27.1. The molecule has 5 N–H and O–H groups in total. The Balaban J connectivity index is 0.000000167. The molecule has 0 atom stereocenters. The zero-order valence-corrected chi connectivity index (χ0v) is 28.6. The molecule has 0 unspecified atom stereocenters. The van der Waals surface area contributed by atoms with Gasteiger partial charge in [-0.15, -0.1) is 0 Å². The molecule has 0 aliphatic heterocycles. The van der Waals surface area contributed by atoms with E-state index in [-0.39, 0.29) is 5.15 Å². The normalized spacial score (nSPS) is 12.9. The van der Waals surface area contributed by atoms with Gasteiger partial charge >= 0.3 is 0 Å². The largest absolute Gasteiger partial charge is 0.384 e. The van der Waals surface area contributed by atoms with E-state index in [0.29, 0.717) is 51.2 Å². The monoisotopic (exact) mass is 677 g/mol. The van der Waals surface area contributed by atoms with Crippen LogP contribution in [0.3, 0.4) is 0 Å². The van der Waals surface area contributed by atoms with E-state index in [1.807, 2.05) is 19.1 Å². The van der Waals surface area contributed by atoms with Gasteiger partial charge in [0.1, 0.15) is 23.1 Å². The number of nitrogens with two attached hydrogens (primary N) is 1. The third-order valence-electron chi connectivity index (χ3n) is 9.05. The van der Waals surface area contributed by atoms with Crippen LogP contribution < -0.4 is 16.4 Å². The van der Waals surface area contributed by atoms with Crippen LogP contribution in [-0.4, -0.2) is 20.2 Å². The average molecular weight is 679 g/mol. The summed E-state index contributed by atoms with van der Waals surface area (Å²) in [5, 5.41) is 34.3. The van der Waals surface area contributed by atoms with Gasteiger partial charge < -0.3 is 16.4 Å². The summed E-state index contributed by atoms with van der Waals surface area (Å²) >= 11 is 12.9. The molecule has 0 bridgehead atoms. The SMILES string of the molecule is CCCc1c(C#N)c(Cl)nc(Nc2cccc3c2CCC3)c1C#N.CCCc1c(Cl)c(Nc2cccc3c2CCC3)nc2n[nH]c(N)c12. The molecule has 0 spiro atoms. The molecule has 48 heavy (non-hydrogen) atoms. The van der Waals surface area contributed by atoms with E-state index in [2.05, 4.69) is 74.1 Å². The van der Waals surface area contributed by atoms with Crippen molar-refractivity contribution in [2.75, 3.05) is 16.4 Å². The number of hydrogen-bond acceptors (Lipinski definition) is 8. The Morgan fingerprint density at radius 1 is 0.792 bits per heavy atom. The van der Waals surface area contributed by atoms with Gasteiger partial charge in [-0.3, -0.25) is 5.10 Å². The highest BCUT2D eigenvalue weighted by atomic mass is 35.5. The number of aromatic nitrogens is 4. The van der Waals surface area contributed by atoms with Crippen molar-refractivity contribution >= 4 is 63.1 Å². The second kappa shape index (κ2) is 14.5. The van der Waals surface area contributed by atoms with E-state index in [1.54, 1.807) is 0 Å². The van der Waals surface area contributed by atoms with Crippen molar-refractivity contribution in [3.63, 3.8) is 0 Å². The van der Waals surface area contributed by atoms with Crippen LogP contribution in [0.15, 0.2) is 36.4 Å². The topological polar surface area (TPSA) is 152 Å². The molecule has 9 nitrogen and oxygen atoms in total. The molecule has 11 heteroatoms. The van der Waals surface area contributed by atoms with Gasteiger partial charge in [-0.25, -0.2) is 9.97 Å². The Morgan fingerprint density at radius 2 is 1.38 bits per heavy atom. The predicted octanol–water partition coefficient (Wildman–Crippen LogP) is 9.04. The Labute approximate surface area is 290 Å². The highest BCUT2D eigenvalue weighted by molar-refractivity contribution is 6.35. The molecule has 0 saturated heterocycles. The first-order valence-electron chi connectivity index (χ1n) is 16.5. The lowest BCUT2D eigenvalue weighted by molar-refractivity contribution is 0.909. The number of anilines is 5. The highest BCUT2D eigenvalue weighted by Gasteiger charge is 2.22. The number of pyridine rings is 2. The molecular weight excluding hydrogens is 641 g/mol. The standard InChI is InChI=1S/C19H17ClN4.C18H20ClN5/c1-2-5-14-15(10-21)18(20)24-19(16(14)11-22)23-17-9-4-7-12-6-3-8-13(12)17;1-2-5-12-14-16(20)23-24-17(14)22-18(15(12)19)21-13-9-4-7-10-6-3-8-11(10)13/h4,7,9H,2-3,5-6,8H2,1H3,(H,23,24);4,7,9H,2-3,5-6,8H2,1H3,(H4,20,21,22,23,24). The number of aromatic amines is 1. The molecule has 0 saturated carbocycles. The maximum Gasteiger partial charge on any atom is 0.185 e. The number of benzene rings is 2. The first-order valence-corrected chi connectivity index (χ1v) is 17.2. The number of aryl methyl sites for hydroxylation is 3. The van der Waals surface area contributed by atoms with Crippen LogP contribution in [-0.2, 0) is 38.5 Å². The Hall–Kier alpha value is -4.83. The van der Waals surface area contributed by atoms with Crippen LogP contribution in [0.2, 0.25) is 10.2 Å². The van der Waals surface area contributed by atoms with Crippen molar-refractivity contribution < 1.29 is 0 Å². The lowest BCUT2D eigenvalue weighted by atomic mass is 10.00. The van der Waals surface area contributed by atoms with Crippen molar-refractivity contribution in [1.29, 1.82) is 10.5 Å². The summed E-state index contributed by atoms with van der Waals surface area (Å²) in [4.78, 5) is 8.88. The average Bonchev–Trinajstić information content (AvgIpc) is 3.85. The molecule has 2 aromatic carbocycles. The van der Waals surface area contributed by atoms with E-state index in [0.717, 1.165) is 73.7 Å². The third-order valence-corrected chi connectivity index (χ3v) is 9.73. The molecule has 0 radical (unpaired) electrons. The molecule has 3 heterocycles. The van der Waals surface area contributed by atoms with Crippen LogP contribution in [0.25, 0.3) is 11.0 Å². The summed E-state index contributed by atoms with van der Waals surface area (Å²) < 4.78 is 0. The molecule has 0 amide bonds. The number of fused-ring (bicyclic) bond motifs is 3. The van der Waals surface area contributed by atoms with E-state index in [9.17, 15) is 10.5 Å². The summed E-state index contributed by atoms with van der Waals surface area (Å²) in [7, 11) is 0. The van der Waals surface area contributed by atoms with E-state index >= 15 is 0 Å². The first-order chi connectivity index (χ1) is 23.4. The van der Waals surface area contributed by atoms with Gasteiger partial charge in [0.05, 0.1) is 21.5 Å². The van der Waals surface area contributed by atoms with Crippen LogP contribution in [0.1, 0.15) is 84.0 Å². The second-order valence-corrected chi connectivity index (χ2v) is 12.9. The van der Waals surface area contributed by atoms with Crippen LogP contribution in [0.4, 0.5) is 28.8 Å². The number of halogens is 2. The number of hydrogen-bond donors (Lipinski definition) is 4. The molecule has 5 aromatic rings. The minimum Gasteiger partial charge on any atom is -0.384 e. The summed E-state index contributed by atoms with van der Waals surface area (Å²) in [6, 6.07) is 16.8. The molecule has 7 rings (SSSR count). The van der Waals surface area contributed by atoms with Gasteiger partial charge in [-0.2, -0.15) is 15.6 Å². The van der Waals surface area contributed by atoms with Gasteiger partial charge in [0.25, 0.3) is 0 Å². The lowest BCUT2D eigenvalue weighted by Gasteiger charge is -2.15. The molecule has 2 aliphatic rings. The van der Waals surface area contributed by atoms with Crippen LogP contribution in [0, 0.1) is 22.7 Å². The zero-order chi connectivity index (χ0) is 33.8. The van der Waals surface area contributed by atoms with Crippen molar-refractivity contribution in [3.05, 3.63) is 91.1 Å². The minimum absolute atomic E-state index is 0.148. The van der Waals surface area contributed by atoms with E-state index in [4.69, 9.17) is 28.9 Å². The fourth-order valence-electron chi connectivity index (χ4n) is 6.85. The fraction of sp³-hybridized carbons (Fsp3) is 0.324. The second-order valence-electron chi connectivity index (χ2n) is 12.1. The number of nitriles is 2. The third kappa shape index (κ3) is 6.36. The smallest absolute Gasteiger partial charge is 0.185 e. The molecule has 244 valence electrons. The number of nitrogen functional groups attached to an aromatic ring is 1. The fourth-order valence-corrected chi connectivity index (χ4v) is 7.37. The van der Waals surface area contributed by atoms with Gasteiger partial charge in [-0.05, 0) is 96.9 Å². The lowest BCUT2D eigenvalue weighted by Crippen LogP contribution is -2.06. The molecular formula is C37H37Cl2N9. The molecule has 3 aromatic heterocycles. The highest BCUT2D eigenvalue weighted by Crippen LogP contribution is 2.38. The van der Waals surface area contributed by atoms with Crippen molar-refractivity contribution in [2.24, 2.45) is 0 Å². The Kier molecular flexibility index (Phi) is 10.0. The number of H-pyrrole nitrogens is 1. The quantitative estimate of drug-likeness (QED) is 0.119. The first kappa shape index (κ1) is 33.1. The van der Waals surface area contributed by atoms with Gasteiger partial charge in [0, 0.05) is 11.4 Å². The van der Waals surface area contributed by atoms with Crippen LogP contribution >= 0.6 is 23.2 Å². The van der Waals surface area contributed by atoms with Crippen molar-refractivity contribution in [2.45, 2.75) is 78.1 Å². The summed E-state index contributed by atoms with van der Waals surface area (Å²) in [5.41, 5.74) is 16.5. The molecule has 0 fully saturated rings. The molecule has 2 aliphatic carbocycles. The Bertz CT molecular complexity index is 2090. The maximum absolute atomic E-state index is 9.63.